The van der Waals surface area contributed by atoms with Crippen LogP contribution in [-0.2, 0) is 0 Å². The van der Waals surface area contributed by atoms with Crippen molar-refractivity contribution in [2.45, 2.75) is 0 Å². The Morgan fingerprint density at radius 1 is 0.958 bits per heavy atom. The zero-order valence-electron chi connectivity index (χ0n) is 12.3. The summed E-state index contributed by atoms with van der Waals surface area (Å²) in [5.41, 5.74) is 0.0513. The quantitative estimate of drug-likeness (QED) is 0.283. The van der Waals surface area contributed by atoms with E-state index in [1.54, 1.807) is 12.1 Å². The van der Waals surface area contributed by atoms with Gasteiger partial charge in [-0.15, -0.1) is 0 Å². The van der Waals surface area contributed by atoms with Gasteiger partial charge in [-0.1, -0.05) is 18.7 Å². The van der Waals surface area contributed by atoms with Crippen LogP contribution in [0.2, 0.25) is 0 Å². The molecule has 7 heteroatoms. The summed E-state index contributed by atoms with van der Waals surface area (Å²) < 4.78 is 0. The lowest BCUT2D eigenvalue weighted by Gasteiger charge is -2.15. The van der Waals surface area contributed by atoms with Crippen LogP contribution in [0, 0.1) is 10.1 Å². The van der Waals surface area contributed by atoms with Crippen LogP contribution < -0.4 is 0 Å². The molecule has 3 rings (SSSR count). The molecule has 0 aliphatic carbocycles. The van der Waals surface area contributed by atoms with Crippen molar-refractivity contribution in [2.75, 3.05) is 0 Å². The highest BCUT2D eigenvalue weighted by Crippen LogP contribution is 2.27. The second-order valence-corrected chi connectivity index (χ2v) is 5.07. The normalized spacial score (nSPS) is 12.9. The lowest BCUT2D eigenvalue weighted by Crippen LogP contribution is -2.32. The number of carbonyl (C=O) groups is 3. The zero-order chi connectivity index (χ0) is 17.4. The number of nitro benzene ring substituents is 1. The Bertz CT molecular complexity index is 880. The Hall–Kier alpha value is -3.61. The molecule has 0 radical (unpaired) electrons. The predicted molar refractivity (Wildman–Crippen MR) is 83.5 cm³/mol. The summed E-state index contributed by atoms with van der Waals surface area (Å²) in [5.74, 6) is -1.88. The third-order valence-electron chi connectivity index (χ3n) is 3.67. The molecule has 1 aliphatic heterocycles. The number of hydrogen-bond donors (Lipinski definition) is 0. The highest BCUT2D eigenvalue weighted by atomic mass is 16.6. The van der Waals surface area contributed by atoms with E-state index in [0.717, 1.165) is 4.90 Å². The maximum Gasteiger partial charge on any atom is 0.269 e. The van der Waals surface area contributed by atoms with Crippen LogP contribution in [-0.4, -0.2) is 27.4 Å². The molecule has 2 amide bonds. The number of nitro groups is 1. The standard InChI is InChI=1S/C17H10N2O5/c1-10(15(20)11-6-8-12(9-7-11)19(23)24)18-16(21)13-4-2-3-5-14(13)17(18)22/h2-9H,1H2. The number of fused-ring (bicyclic) bond motifs is 1. The molecule has 118 valence electrons. The first-order valence-electron chi connectivity index (χ1n) is 6.87. The maximum absolute atomic E-state index is 12.4. The van der Waals surface area contributed by atoms with E-state index >= 15 is 0 Å². The van der Waals surface area contributed by atoms with Crippen molar-refractivity contribution >= 4 is 23.3 Å². The molecule has 7 nitrogen and oxygen atoms in total. The highest BCUT2D eigenvalue weighted by Gasteiger charge is 2.38. The predicted octanol–water partition coefficient (Wildman–Crippen LogP) is 2.59. The van der Waals surface area contributed by atoms with Gasteiger partial charge >= 0.3 is 0 Å². The molecule has 0 fully saturated rings. The van der Waals surface area contributed by atoms with Crippen molar-refractivity contribution < 1.29 is 19.3 Å². The van der Waals surface area contributed by atoms with Crippen LogP contribution in [0.4, 0.5) is 5.69 Å². The van der Waals surface area contributed by atoms with E-state index < -0.39 is 22.5 Å². The summed E-state index contributed by atoms with van der Waals surface area (Å²) in [7, 11) is 0. The summed E-state index contributed by atoms with van der Waals surface area (Å²) in [6.45, 7) is 3.56. The second kappa shape index (κ2) is 5.54. The Balaban J connectivity index is 1.90. The van der Waals surface area contributed by atoms with Crippen LogP contribution in [0.1, 0.15) is 31.1 Å². The smallest absolute Gasteiger partial charge is 0.269 e. The largest absolute Gasteiger partial charge is 0.287 e. The molecule has 1 aliphatic rings. The Morgan fingerprint density at radius 3 is 1.92 bits per heavy atom. The average Bonchev–Trinajstić information content (AvgIpc) is 2.85. The summed E-state index contributed by atoms with van der Waals surface area (Å²) in [6, 6.07) is 11.1. The van der Waals surface area contributed by atoms with Crippen LogP contribution in [0.3, 0.4) is 0 Å². The molecule has 0 bridgehead atoms. The topological polar surface area (TPSA) is 97.6 Å². The fraction of sp³-hybridized carbons (Fsp3) is 0. The number of non-ortho nitro benzene ring substituents is 1. The molecular weight excluding hydrogens is 312 g/mol. The van der Waals surface area contributed by atoms with Gasteiger partial charge in [0, 0.05) is 17.7 Å². The summed E-state index contributed by atoms with van der Waals surface area (Å²) >= 11 is 0. The number of ketones is 1. The van der Waals surface area contributed by atoms with Crippen LogP contribution >= 0.6 is 0 Å². The van der Waals surface area contributed by atoms with Gasteiger partial charge < -0.3 is 0 Å². The van der Waals surface area contributed by atoms with E-state index in [0.29, 0.717) is 0 Å². The molecule has 0 atom stereocenters. The van der Waals surface area contributed by atoms with Gasteiger partial charge in [0.05, 0.1) is 21.7 Å². The number of rotatable bonds is 4. The fourth-order valence-electron chi connectivity index (χ4n) is 2.44. The zero-order valence-corrected chi connectivity index (χ0v) is 12.3. The first kappa shape index (κ1) is 15.3. The molecule has 2 aromatic carbocycles. The van der Waals surface area contributed by atoms with Crippen LogP contribution in [0.15, 0.2) is 60.8 Å². The van der Waals surface area contributed by atoms with E-state index in [1.165, 1.54) is 36.4 Å². The van der Waals surface area contributed by atoms with Gasteiger partial charge in [-0.25, -0.2) is 4.90 Å². The lowest BCUT2D eigenvalue weighted by atomic mass is 10.1. The average molecular weight is 322 g/mol. The fourth-order valence-corrected chi connectivity index (χ4v) is 2.44. The minimum absolute atomic E-state index is 0.0992. The van der Waals surface area contributed by atoms with Crippen molar-refractivity contribution in [3.8, 4) is 0 Å². The molecule has 0 spiro atoms. The van der Waals surface area contributed by atoms with E-state index in [-0.39, 0.29) is 28.1 Å². The van der Waals surface area contributed by atoms with Gasteiger partial charge in [-0.3, -0.25) is 24.5 Å². The lowest BCUT2D eigenvalue weighted by molar-refractivity contribution is -0.384. The van der Waals surface area contributed by atoms with E-state index in [2.05, 4.69) is 6.58 Å². The van der Waals surface area contributed by atoms with Crippen molar-refractivity contribution in [3.05, 3.63) is 87.6 Å². The molecule has 0 unspecified atom stereocenters. The van der Waals surface area contributed by atoms with Crippen molar-refractivity contribution in [1.29, 1.82) is 0 Å². The third kappa shape index (κ3) is 2.28. The number of benzene rings is 2. The Kier molecular flexibility index (Phi) is 3.53. The monoisotopic (exact) mass is 322 g/mol. The summed E-state index contributed by atoms with van der Waals surface area (Å²) in [5, 5.41) is 10.6. The molecule has 0 saturated heterocycles. The first-order valence-corrected chi connectivity index (χ1v) is 6.87. The maximum atomic E-state index is 12.4. The third-order valence-corrected chi connectivity index (χ3v) is 3.67. The molecule has 1 heterocycles. The number of nitrogens with zero attached hydrogens (tertiary/aromatic N) is 2. The second-order valence-electron chi connectivity index (χ2n) is 5.07. The van der Waals surface area contributed by atoms with E-state index in [9.17, 15) is 24.5 Å². The molecular formula is C17H10N2O5. The van der Waals surface area contributed by atoms with Crippen molar-refractivity contribution in [3.63, 3.8) is 0 Å². The number of allylic oxidation sites excluding steroid dienone is 1. The van der Waals surface area contributed by atoms with E-state index in [4.69, 9.17) is 0 Å². The summed E-state index contributed by atoms with van der Waals surface area (Å²) in [4.78, 5) is 47.9. The Morgan fingerprint density at radius 2 is 1.46 bits per heavy atom. The highest BCUT2D eigenvalue weighted by molar-refractivity contribution is 6.26. The molecule has 0 N–H and O–H groups in total. The number of Topliss-reactive ketones (excluding diaryl/α,β-unsaturated/α-hetero) is 1. The Labute approximate surface area is 136 Å². The first-order chi connectivity index (χ1) is 11.4. The van der Waals surface area contributed by atoms with Gasteiger partial charge in [0.2, 0.25) is 5.78 Å². The number of amides is 2. The minimum atomic E-state index is -0.653. The van der Waals surface area contributed by atoms with Gasteiger partial charge in [0.1, 0.15) is 0 Å². The SMILES string of the molecule is C=C(C(=O)c1ccc([N+](=O)[O-])cc1)N1C(=O)c2ccccc2C1=O. The number of hydrogen-bond acceptors (Lipinski definition) is 5. The molecule has 0 aromatic heterocycles. The molecule has 0 saturated carbocycles. The van der Waals surface area contributed by atoms with Crippen molar-refractivity contribution in [1.82, 2.24) is 4.90 Å². The number of carbonyl (C=O) groups excluding carboxylic acids is 3. The van der Waals surface area contributed by atoms with Gasteiger partial charge in [0.25, 0.3) is 17.5 Å². The minimum Gasteiger partial charge on any atom is -0.287 e. The van der Waals surface area contributed by atoms with Crippen LogP contribution in [0.5, 0.6) is 0 Å². The van der Waals surface area contributed by atoms with Crippen molar-refractivity contribution in [2.24, 2.45) is 0 Å². The summed E-state index contributed by atoms with van der Waals surface area (Å²) in [6.07, 6.45) is 0. The molecule has 2 aromatic rings. The van der Waals surface area contributed by atoms with Crippen LogP contribution in [0.25, 0.3) is 0 Å². The van der Waals surface area contributed by atoms with Gasteiger partial charge in [-0.2, -0.15) is 0 Å². The number of imide groups is 1. The van der Waals surface area contributed by atoms with Gasteiger partial charge in [0.15, 0.2) is 0 Å². The molecule has 24 heavy (non-hydrogen) atoms. The van der Waals surface area contributed by atoms with Gasteiger partial charge in [-0.05, 0) is 24.3 Å². The van der Waals surface area contributed by atoms with E-state index in [1.807, 2.05) is 0 Å².